The van der Waals surface area contributed by atoms with Gasteiger partial charge in [0.15, 0.2) is 0 Å². The smallest absolute Gasteiger partial charge is 0.228 e. The van der Waals surface area contributed by atoms with Crippen LogP contribution in [0.3, 0.4) is 0 Å². The number of hydrogen-bond acceptors (Lipinski definition) is 3. The van der Waals surface area contributed by atoms with Crippen LogP contribution < -0.4 is 4.90 Å². The fraction of sp³-hybridized carbons (Fsp3) is 0.542. The molecule has 3 aliphatic rings. The highest BCUT2D eigenvalue weighted by Gasteiger charge is 2.40. The predicted octanol–water partition coefficient (Wildman–Crippen LogP) is 3.23. The van der Waals surface area contributed by atoms with Gasteiger partial charge in [-0.05, 0) is 49.8 Å². The number of fused-ring (bicyclic) bond motifs is 1. The summed E-state index contributed by atoms with van der Waals surface area (Å²) >= 11 is 0. The second-order valence-corrected chi connectivity index (χ2v) is 8.99. The lowest BCUT2D eigenvalue weighted by Crippen LogP contribution is -2.43. The van der Waals surface area contributed by atoms with Crippen molar-refractivity contribution < 1.29 is 9.59 Å². The first kappa shape index (κ1) is 19.3. The molecular weight excluding hydrogens is 376 g/mol. The molecular formula is C24H30N4O2. The van der Waals surface area contributed by atoms with E-state index in [1.54, 1.807) is 4.90 Å². The van der Waals surface area contributed by atoms with Crippen molar-refractivity contribution in [3.63, 3.8) is 0 Å². The SMILES string of the molecule is Cn1nc(CN(C(=O)C2CC(=O)N(c3ccccc3)C2)C2CCCC2)c2c1CCC2. The van der Waals surface area contributed by atoms with Crippen molar-refractivity contribution >= 4 is 17.5 Å². The molecule has 2 heterocycles. The summed E-state index contributed by atoms with van der Waals surface area (Å²) in [6.07, 6.45) is 8.09. The van der Waals surface area contributed by atoms with Gasteiger partial charge in [0.1, 0.15) is 0 Å². The molecule has 1 aromatic heterocycles. The van der Waals surface area contributed by atoms with Crippen molar-refractivity contribution in [2.24, 2.45) is 13.0 Å². The van der Waals surface area contributed by atoms with Gasteiger partial charge in [-0.25, -0.2) is 0 Å². The molecule has 2 aromatic rings. The van der Waals surface area contributed by atoms with Gasteiger partial charge in [0.25, 0.3) is 0 Å². The number of anilines is 1. The molecule has 30 heavy (non-hydrogen) atoms. The number of nitrogens with zero attached hydrogens (tertiary/aromatic N) is 4. The second kappa shape index (κ2) is 7.89. The second-order valence-electron chi connectivity index (χ2n) is 8.99. The molecule has 1 saturated carbocycles. The third-order valence-electron chi connectivity index (χ3n) is 7.11. The maximum absolute atomic E-state index is 13.7. The summed E-state index contributed by atoms with van der Waals surface area (Å²) in [6, 6.07) is 9.97. The van der Waals surface area contributed by atoms with E-state index < -0.39 is 0 Å². The molecule has 0 N–H and O–H groups in total. The standard InChI is InChI=1S/C24H30N4O2/c1-26-22-13-7-12-20(22)21(25-26)16-28(19-10-5-6-11-19)24(30)17-14-23(29)27(15-17)18-8-3-2-4-9-18/h2-4,8-9,17,19H,5-7,10-16H2,1H3. The van der Waals surface area contributed by atoms with E-state index in [0.717, 1.165) is 37.1 Å². The number of rotatable bonds is 5. The molecule has 1 saturated heterocycles. The lowest BCUT2D eigenvalue weighted by atomic mass is 10.0. The van der Waals surface area contributed by atoms with Crippen molar-refractivity contribution in [2.75, 3.05) is 11.4 Å². The van der Waals surface area contributed by atoms with Crippen molar-refractivity contribution in [3.8, 4) is 0 Å². The molecule has 6 heteroatoms. The van der Waals surface area contributed by atoms with Crippen LogP contribution in [0, 0.1) is 5.92 Å². The van der Waals surface area contributed by atoms with Gasteiger partial charge >= 0.3 is 0 Å². The Hall–Kier alpha value is -2.63. The molecule has 2 amide bonds. The Morgan fingerprint density at radius 2 is 1.90 bits per heavy atom. The highest BCUT2D eigenvalue weighted by Crippen LogP contribution is 2.32. The largest absolute Gasteiger partial charge is 0.333 e. The van der Waals surface area contributed by atoms with Crippen molar-refractivity contribution in [1.29, 1.82) is 0 Å². The van der Waals surface area contributed by atoms with Crippen LogP contribution >= 0.6 is 0 Å². The molecule has 1 aromatic carbocycles. The summed E-state index contributed by atoms with van der Waals surface area (Å²) in [5, 5.41) is 4.78. The van der Waals surface area contributed by atoms with Gasteiger partial charge in [0.2, 0.25) is 11.8 Å². The lowest BCUT2D eigenvalue weighted by Gasteiger charge is -2.31. The van der Waals surface area contributed by atoms with Gasteiger partial charge in [0, 0.05) is 37.4 Å². The first-order valence-corrected chi connectivity index (χ1v) is 11.3. The van der Waals surface area contributed by atoms with Crippen LogP contribution in [0.1, 0.15) is 55.5 Å². The molecule has 0 spiro atoms. The van der Waals surface area contributed by atoms with Crippen LogP contribution in [0.25, 0.3) is 0 Å². The topological polar surface area (TPSA) is 58.4 Å². The minimum Gasteiger partial charge on any atom is -0.333 e. The highest BCUT2D eigenvalue weighted by atomic mass is 16.2. The number of benzene rings is 1. The normalized spacial score (nSPS) is 21.4. The van der Waals surface area contributed by atoms with Crippen LogP contribution in [0.5, 0.6) is 0 Å². The Bertz CT molecular complexity index is 946. The van der Waals surface area contributed by atoms with Crippen LogP contribution in [0.15, 0.2) is 30.3 Å². The Labute approximate surface area is 177 Å². The molecule has 158 valence electrons. The molecule has 6 nitrogen and oxygen atoms in total. The number of para-hydroxylation sites is 1. The molecule has 0 bridgehead atoms. The monoisotopic (exact) mass is 406 g/mol. The van der Waals surface area contributed by atoms with E-state index in [2.05, 4.69) is 4.90 Å². The van der Waals surface area contributed by atoms with Gasteiger partial charge in [0.05, 0.1) is 18.2 Å². The maximum Gasteiger partial charge on any atom is 0.228 e. The zero-order valence-corrected chi connectivity index (χ0v) is 17.7. The van der Waals surface area contributed by atoms with Gasteiger partial charge < -0.3 is 9.80 Å². The Morgan fingerprint density at radius 1 is 1.13 bits per heavy atom. The van der Waals surface area contributed by atoms with E-state index in [1.807, 2.05) is 42.1 Å². The quantitative estimate of drug-likeness (QED) is 0.766. The van der Waals surface area contributed by atoms with Gasteiger partial charge in [-0.2, -0.15) is 5.10 Å². The lowest BCUT2D eigenvalue weighted by molar-refractivity contribution is -0.138. The van der Waals surface area contributed by atoms with Gasteiger partial charge in [-0.3, -0.25) is 14.3 Å². The third-order valence-corrected chi connectivity index (χ3v) is 7.11. The summed E-state index contributed by atoms with van der Waals surface area (Å²) in [5.74, 6) is -0.0919. The number of amides is 2. The molecule has 0 radical (unpaired) electrons. The number of hydrogen-bond donors (Lipinski definition) is 0. The third kappa shape index (κ3) is 3.42. The summed E-state index contributed by atoms with van der Waals surface area (Å²) < 4.78 is 2.01. The average Bonchev–Trinajstić information content (AvgIpc) is 3.54. The van der Waals surface area contributed by atoms with Crippen molar-refractivity contribution in [3.05, 3.63) is 47.3 Å². The van der Waals surface area contributed by atoms with E-state index in [0.29, 0.717) is 19.5 Å². The number of carbonyl (C=O) groups excluding carboxylic acids is 2. The first-order valence-electron chi connectivity index (χ1n) is 11.3. The zero-order valence-electron chi connectivity index (χ0n) is 17.7. The van der Waals surface area contributed by atoms with Crippen LogP contribution in [-0.2, 0) is 36.0 Å². The van der Waals surface area contributed by atoms with E-state index in [9.17, 15) is 9.59 Å². The fourth-order valence-electron chi connectivity index (χ4n) is 5.55. The molecule has 2 fully saturated rings. The molecule has 1 aliphatic heterocycles. The number of aromatic nitrogens is 2. The Kier molecular flexibility index (Phi) is 5.09. The Balaban J connectivity index is 1.38. The average molecular weight is 407 g/mol. The van der Waals surface area contributed by atoms with Crippen LogP contribution in [-0.4, -0.2) is 39.1 Å². The predicted molar refractivity (Wildman–Crippen MR) is 115 cm³/mol. The minimum atomic E-state index is -0.268. The van der Waals surface area contributed by atoms with Gasteiger partial charge in [-0.1, -0.05) is 31.0 Å². The van der Waals surface area contributed by atoms with Crippen molar-refractivity contribution in [2.45, 2.75) is 64.0 Å². The molecule has 1 unspecified atom stereocenters. The summed E-state index contributed by atoms with van der Waals surface area (Å²) in [4.78, 5) is 30.2. The minimum absolute atomic E-state index is 0.0460. The summed E-state index contributed by atoms with van der Waals surface area (Å²) in [6.45, 7) is 1.06. The van der Waals surface area contributed by atoms with Gasteiger partial charge in [-0.15, -0.1) is 0 Å². The highest BCUT2D eigenvalue weighted by molar-refractivity contribution is 6.00. The molecule has 2 aliphatic carbocycles. The fourth-order valence-corrected chi connectivity index (χ4v) is 5.55. The number of carbonyl (C=O) groups is 2. The number of aryl methyl sites for hydroxylation is 1. The molecule has 5 rings (SSSR count). The Morgan fingerprint density at radius 3 is 2.67 bits per heavy atom. The maximum atomic E-state index is 13.7. The summed E-state index contributed by atoms with van der Waals surface area (Å²) in [7, 11) is 2.02. The van der Waals surface area contributed by atoms with Crippen LogP contribution in [0.2, 0.25) is 0 Å². The first-order chi connectivity index (χ1) is 14.6. The van der Waals surface area contributed by atoms with E-state index >= 15 is 0 Å². The van der Waals surface area contributed by atoms with E-state index in [-0.39, 0.29) is 23.8 Å². The molecule has 1 atom stereocenters. The summed E-state index contributed by atoms with van der Waals surface area (Å²) in [5.41, 5.74) is 4.62. The van der Waals surface area contributed by atoms with Crippen molar-refractivity contribution in [1.82, 2.24) is 14.7 Å². The zero-order chi connectivity index (χ0) is 20.7. The van der Waals surface area contributed by atoms with E-state index in [1.165, 1.54) is 30.5 Å². The van der Waals surface area contributed by atoms with Crippen LogP contribution in [0.4, 0.5) is 5.69 Å². The van der Waals surface area contributed by atoms with E-state index in [4.69, 9.17) is 5.10 Å².